The van der Waals surface area contributed by atoms with Gasteiger partial charge >= 0.3 is 0 Å². The van der Waals surface area contributed by atoms with Crippen molar-refractivity contribution in [2.75, 3.05) is 24.7 Å². The Hall–Kier alpha value is -2.90. The van der Waals surface area contributed by atoms with Crippen molar-refractivity contribution >= 4 is 22.9 Å². The average molecular weight is 273 g/mol. The van der Waals surface area contributed by atoms with Crippen molar-refractivity contribution in [3.8, 4) is 0 Å². The molecule has 0 unspecified atom stereocenters. The molecule has 4 N–H and O–H groups in total. The number of hydrogen-bond donors (Lipinski definition) is 3. The smallest absolute Gasteiger partial charge is 0.247 e. The molecule has 0 spiro atoms. The van der Waals surface area contributed by atoms with Crippen molar-refractivity contribution in [3.63, 3.8) is 0 Å². The summed E-state index contributed by atoms with van der Waals surface area (Å²) in [6.07, 6.45) is 3.17. The largest absolute Gasteiger partial charge is 0.368 e. The quantitative estimate of drug-likeness (QED) is 0.590. The number of pyridine rings is 1. The number of fused-ring (bicyclic) bond motifs is 1. The van der Waals surface area contributed by atoms with Crippen LogP contribution in [0.1, 0.15) is 0 Å². The van der Waals surface area contributed by atoms with Crippen LogP contribution in [0.4, 0.5) is 11.8 Å². The van der Waals surface area contributed by atoms with E-state index < -0.39 is 0 Å². The number of nitrogens with two attached hydrogens (primary N) is 1. The summed E-state index contributed by atoms with van der Waals surface area (Å²) in [5, 5.41) is 0. The molecule has 0 saturated carbocycles. The number of H-pyrrole nitrogens is 2. The zero-order valence-electron chi connectivity index (χ0n) is 11.2. The molecule has 0 aliphatic heterocycles. The molecule has 0 bridgehead atoms. The van der Waals surface area contributed by atoms with Crippen molar-refractivity contribution in [2.24, 2.45) is 0 Å². The summed E-state index contributed by atoms with van der Waals surface area (Å²) in [5.41, 5.74) is 6.86. The van der Waals surface area contributed by atoms with Crippen LogP contribution in [-0.4, -0.2) is 39.0 Å². The van der Waals surface area contributed by atoms with Gasteiger partial charge in [0.25, 0.3) is 0 Å². The van der Waals surface area contributed by atoms with E-state index in [1.54, 1.807) is 24.7 Å². The second kappa shape index (κ2) is 5.83. The molecule has 3 heterocycles. The highest BCUT2D eigenvalue weighted by Crippen LogP contribution is 2.18. The Morgan fingerprint density at radius 1 is 1.20 bits per heavy atom. The molecule has 0 saturated heterocycles. The maximum Gasteiger partial charge on any atom is 0.247 e. The molecular weight excluding hydrogens is 258 g/mol. The van der Waals surface area contributed by atoms with E-state index in [1.165, 1.54) is 6.07 Å². The van der Waals surface area contributed by atoms with Gasteiger partial charge in [-0.3, -0.25) is 4.79 Å². The van der Waals surface area contributed by atoms with E-state index in [-0.39, 0.29) is 11.5 Å². The van der Waals surface area contributed by atoms with E-state index in [4.69, 9.17) is 5.73 Å². The van der Waals surface area contributed by atoms with Crippen LogP contribution in [0.25, 0.3) is 11.2 Å². The fourth-order valence-electron chi connectivity index (χ4n) is 1.53. The molecule has 8 nitrogen and oxygen atoms in total. The number of nitrogens with zero attached hydrogens (tertiary/aromatic N) is 4. The highest BCUT2D eigenvalue weighted by molar-refractivity contribution is 5.83. The number of imidazole rings is 1. The maximum atomic E-state index is 10.2. The molecule has 0 atom stereocenters. The number of rotatable bonds is 1. The van der Waals surface area contributed by atoms with Gasteiger partial charge in [0.05, 0.1) is 6.33 Å². The molecule has 20 heavy (non-hydrogen) atoms. The highest BCUT2D eigenvalue weighted by Gasteiger charge is 2.08. The van der Waals surface area contributed by atoms with Gasteiger partial charge < -0.3 is 20.6 Å². The third kappa shape index (κ3) is 3.10. The fourth-order valence-corrected chi connectivity index (χ4v) is 1.53. The molecular formula is C12H15N7O. The van der Waals surface area contributed by atoms with Crippen LogP contribution < -0.4 is 16.2 Å². The van der Waals surface area contributed by atoms with Gasteiger partial charge in [0.15, 0.2) is 11.5 Å². The summed E-state index contributed by atoms with van der Waals surface area (Å²) in [5.74, 6) is 0.989. The van der Waals surface area contributed by atoms with Crippen LogP contribution in [0.15, 0.2) is 35.5 Å². The summed E-state index contributed by atoms with van der Waals surface area (Å²) in [4.78, 5) is 29.6. The molecule has 3 aromatic rings. The molecule has 3 aromatic heterocycles. The van der Waals surface area contributed by atoms with Gasteiger partial charge in [-0.1, -0.05) is 6.07 Å². The maximum absolute atomic E-state index is 10.2. The lowest BCUT2D eigenvalue weighted by Crippen LogP contribution is -2.13. The van der Waals surface area contributed by atoms with Gasteiger partial charge in [-0.2, -0.15) is 9.97 Å². The van der Waals surface area contributed by atoms with Gasteiger partial charge in [0.1, 0.15) is 5.52 Å². The molecule has 0 aliphatic carbocycles. The van der Waals surface area contributed by atoms with E-state index in [9.17, 15) is 4.79 Å². The summed E-state index contributed by atoms with van der Waals surface area (Å²) in [6, 6.07) is 4.93. The predicted molar refractivity (Wildman–Crippen MR) is 77.5 cm³/mol. The third-order valence-corrected chi connectivity index (χ3v) is 2.39. The van der Waals surface area contributed by atoms with Crippen molar-refractivity contribution in [1.29, 1.82) is 0 Å². The second-order valence-electron chi connectivity index (χ2n) is 4.13. The Morgan fingerprint density at radius 3 is 2.55 bits per heavy atom. The molecule has 0 aliphatic rings. The zero-order chi connectivity index (χ0) is 14.5. The number of nitrogens with one attached hydrogen (secondary N) is 2. The standard InChI is InChI=1S/C7H10N6.C5H5NO/c1-13(2)6-4-5(10-3-9-4)11-7(8)12-6;7-5-3-1-2-4-6-5/h3H,1-2H3,(H3,8,9,10,11,12);1-4H,(H,6,7). The van der Waals surface area contributed by atoms with Gasteiger partial charge in [0.2, 0.25) is 11.5 Å². The topological polar surface area (TPSA) is 117 Å². The van der Waals surface area contributed by atoms with Crippen molar-refractivity contribution in [2.45, 2.75) is 0 Å². The van der Waals surface area contributed by atoms with E-state index in [1.807, 2.05) is 19.0 Å². The van der Waals surface area contributed by atoms with Crippen LogP contribution in [0.2, 0.25) is 0 Å². The average Bonchev–Trinajstić information content (AvgIpc) is 2.87. The van der Waals surface area contributed by atoms with Gasteiger partial charge in [-0.25, -0.2) is 4.98 Å². The van der Waals surface area contributed by atoms with Crippen LogP contribution in [0, 0.1) is 0 Å². The SMILES string of the molecule is CN(C)c1nc(N)nc2nc[nH]c12.O=c1cccc[nH]1. The van der Waals surface area contributed by atoms with Crippen LogP contribution in [0.5, 0.6) is 0 Å². The first kappa shape index (κ1) is 13.5. The summed E-state index contributed by atoms with van der Waals surface area (Å²) < 4.78 is 0. The lowest BCUT2D eigenvalue weighted by atomic mass is 10.4. The number of aromatic amines is 2. The molecule has 0 radical (unpaired) electrons. The minimum atomic E-state index is -0.0532. The van der Waals surface area contributed by atoms with Gasteiger partial charge in [-0.05, 0) is 6.07 Å². The number of nitrogen functional groups attached to an aromatic ring is 1. The molecule has 0 aromatic carbocycles. The first-order valence-electron chi connectivity index (χ1n) is 5.85. The second-order valence-corrected chi connectivity index (χ2v) is 4.13. The molecule has 0 fully saturated rings. The minimum Gasteiger partial charge on any atom is -0.368 e. The number of hydrogen-bond acceptors (Lipinski definition) is 6. The predicted octanol–water partition coefficient (Wildman–Crippen LogP) is 0.376. The monoisotopic (exact) mass is 273 g/mol. The Balaban J connectivity index is 0.000000178. The van der Waals surface area contributed by atoms with Crippen LogP contribution in [-0.2, 0) is 0 Å². The normalized spacial score (nSPS) is 9.90. The van der Waals surface area contributed by atoms with E-state index in [2.05, 4.69) is 24.9 Å². The van der Waals surface area contributed by atoms with Crippen molar-refractivity contribution in [1.82, 2.24) is 24.9 Å². The number of aromatic nitrogens is 5. The molecule has 0 amide bonds. The Bertz CT molecular complexity index is 729. The Kier molecular flexibility index (Phi) is 3.94. The van der Waals surface area contributed by atoms with Crippen LogP contribution >= 0.6 is 0 Å². The molecule has 104 valence electrons. The first-order valence-corrected chi connectivity index (χ1v) is 5.85. The minimum absolute atomic E-state index is 0.0532. The van der Waals surface area contributed by atoms with E-state index >= 15 is 0 Å². The van der Waals surface area contributed by atoms with Gasteiger partial charge in [0, 0.05) is 26.4 Å². The first-order chi connectivity index (χ1) is 9.58. The Morgan fingerprint density at radius 2 is 2.00 bits per heavy atom. The highest BCUT2D eigenvalue weighted by atomic mass is 16.1. The summed E-state index contributed by atoms with van der Waals surface area (Å²) in [6.45, 7) is 0. The fraction of sp³-hybridized carbons (Fsp3) is 0.167. The number of anilines is 2. The molecule has 8 heteroatoms. The van der Waals surface area contributed by atoms with Crippen LogP contribution in [0.3, 0.4) is 0 Å². The lowest BCUT2D eigenvalue weighted by molar-refractivity contribution is 1.06. The van der Waals surface area contributed by atoms with Crippen molar-refractivity contribution < 1.29 is 0 Å². The molecule has 3 rings (SSSR count). The lowest BCUT2D eigenvalue weighted by Gasteiger charge is -2.11. The summed E-state index contributed by atoms with van der Waals surface area (Å²) in [7, 11) is 3.78. The zero-order valence-corrected chi connectivity index (χ0v) is 11.2. The van der Waals surface area contributed by atoms with E-state index in [0.717, 1.165) is 11.3 Å². The summed E-state index contributed by atoms with van der Waals surface area (Å²) >= 11 is 0. The van der Waals surface area contributed by atoms with E-state index in [0.29, 0.717) is 5.65 Å². The third-order valence-electron chi connectivity index (χ3n) is 2.39. The Labute approximate surface area is 114 Å². The van der Waals surface area contributed by atoms with Crippen molar-refractivity contribution in [3.05, 3.63) is 41.1 Å². The van der Waals surface area contributed by atoms with Gasteiger partial charge in [-0.15, -0.1) is 0 Å².